The number of hydrogen-bond donors (Lipinski definition) is 0. The van der Waals surface area contributed by atoms with E-state index in [2.05, 4.69) is 68.9 Å². The van der Waals surface area contributed by atoms with Crippen molar-refractivity contribution < 1.29 is 0 Å². The van der Waals surface area contributed by atoms with Crippen molar-refractivity contribution in [2.45, 2.75) is 133 Å². The zero-order chi connectivity index (χ0) is 24.1. The van der Waals surface area contributed by atoms with Crippen LogP contribution in [0.2, 0.25) is 0 Å². The molecule has 0 spiro atoms. The molecule has 0 saturated carbocycles. The smallest absolute Gasteiger partial charge is 0.0163 e. The van der Waals surface area contributed by atoms with Crippen molar-refractivity contribution in [3.8, 4) is 0 Å². The van der Waals surface area contributed by atoms with E-state index < -0.39 is 0 Å². The molecular formula is C32H54. The van der Waals surface area contributed by atoms with Gasteiger partial charge in [0.25, 0.3) is 0 Å². The Bertz CT molecular complexity index is 765. The third-order valence-corrected chi connectivity index (χ3v) is 8.76. The first-order valence-electron chi connectivity index (χ1n) is 13.7. The highest BCUT2D eigenvalue weighted by Crippen LogP contribution is 2.47. The van der Waals surface area contributed by atoms with Gasteiger partial charge in [-0.3, -0.25) is 0 Å². The van der Waals surface area contributed by atoms with E-state index in [4.69, 9.17) is 0 Å². The van der Waals surface area contributed by atoms with Gasteiger partial charge >= 0.3 is 0 Å². The minimum Gasteiger partial charge on any atom is -0.0952 e. The molecule has 0 nitrogen and oxygen atoms in total. The second-order valence-electron chi connectivity index (χ2n) is 12.5. The van der Waals surface area contributed by atoms with Crippen LogP contribution in [0, 0.1) is 50.9 Å². The lowest BCUT2D eigenvalue weighted by Gasteiger charge is -2.39. The lowest BCUT2D eigenvalue weighted by atomic mass is 9.66. The second-order valence-corrected chi connectivity index (χ2v) is 12.5. The Morgan fingerprint density at radius 1 is 0.688 bits per heavy atom. The lowest BCUT2D eigenvalue weighted by molar-refractivity contribution is 0.272. The molecule has 2 rings (SSSR count). The third-order valence-electron chi connectivity index (χ3n) is 8.76. The van der Waals surface area contributed by atoms with E-state index in [9.17, 15) is 0 Å². The first-order chi connectivity index (χ1) is 14.9. The van der Waals surface area contributed by atoms with Crippen LogP contribution in [0.4, 0.5) is 0 Å². The van der Waals surface area contributed by atoms with Gasteiger partial charge < -0.3 is 0 Å². The second kappa shape index (κ2) is 11.9. The van der Waals surface area contributed by atoms with Crippen LogP contribution < -0.4 is 0 Å². The van der Waals surface area contributed by atoms with Gasteiger partial charge in [0, 0.05) is 0 Å². The zero-order valence-corrected chi connectivity index (χ0v) is 23.2. The molecule has 0 aromatic heterocycles. The van der Waals surface area contributed by atoms with Crippen molar-refractivity contribution in [3.63, 3.8) is 0 Å². The molecule has 0 radical (unpaired) electrons. The molecule has 0 fully saturated rings. The van der Waals surface area contributed by atoms with E-state index >= 15 is 0 Å². The maximum atomic E-state index is 4.55. The van der Waals surface area contributed by atoms with Gasteiger partial charge in [-0.15, -0.1) is 0 Å². The average molecular weight is 439 g/mol. The largest absolute Gasteiger partial charge is 0.0952 e. The number of rotatable bonds is 12. The maximum Gasteiger partial charge on any atom is -0.0163 e. The number of hydrogen-bond acceptors (Lipinski definition) is 0. The fourth-order valence-electron chi connectivity index (χ4n) is 6.21. The first-order valence-corrected chi connectivity index (χ1v) is 13.7. The van der Waals surface area contributed by atoms with Gasteiger partial charge in [-0.05, 0) is 109 Å². The van der Waals surface area contributed by atoms with Gasteiger partial charge in [0.15, 0.2) is 0 Å². The molecule has 1 aromatic carbocycles. The van der Waals surface area contributed by atoms with Crippen LogP contribution in [0.25, 0.3) is 5.57 Å². The molecule has 182 valence electrons. The van der Waals surface area contributed by atoms with Crippen LogP contribution in [0.1, 0.15) is 132 Å². The third kappa shape index (κ3) is 7.23. The summed E-state index contributed by atoms with van der Waals surface area (Å²) in [7, 11) is 0. The summed E-state index contributed by atoms with van der Waals surface area (Å²) in [5, 5.41) is 0. The Kier molecular flexibility index (Phi) is 10.1. The van der Waals surface area contributed by atoms with Crippen molar-refractivity contribution >= 4 is 5.57 Å². The molecule has 0 heteroatoms. The van der Waals surface area contributed by atoms with Crippen LogP contribution in [-0.2, 0) is 6.42 Å². The van der Waals surface area contributed by atoms with Crippen molar-refractivity contribution in [1.29, 1.82) is 0 Å². The lowest BCUT2D eigenvalue weighted by Crippen LogP contribution is -2.27. The molecule has 32 heavy (non-hydrogen) atoms. The molecule has 0 heterocycles. The summed E-state index contributed by atoms with van der Waals surface area (Å²) in [5.74, 6) is 2.64. The van der Waals surface area contributed by atoms with Crippen LogP contribution in [0.5, 0.6) is 0 Å². The highest BCUT2D eigenvalue weighted by atomic mass is 14.4. The van der Waals surface area contributed by atoms with E-state index in [0.717, 1.165) is 17.8 Å². The van der Waals surface area contributed by atoms with E-state index in [1.54, 1.807) is 5.56 Å². The van der Waals surface area contributed by atoms with Crippen molar-refractivity contribution in [2.75, 3.05) is 0 Å². The number of benzene rings is 1. The van der Waals surface area contributed by atoms with E-state index in [1.165, 1.54) is 104 Å². The van der Waals surface area contributed by atoms with E-state index in [1.807, 2.05) is 0 Å². The predicted molar refractivity (Wildman–Crippen MR) is 146 cm³/mol. The van der Waals surface area contributed by atoms with Crippen LogP contribution >= 0.6 is 0 Å². The van der Waals surface area contributed by atoms with E-state index in [-0.39, 0.29) is 0 Å². The van der Waals surface area contributed by atoms with Crippen LogP contribution in [0.3, 0.4) is 0 Å². The molecule has 1 aliphatic rings. The molecule has 0 bridgehead atoms. The summed E-state index contributed by atoms with van der Waals surface area (Å²) >= 11 is 0. The topological polar surface area (TPSA) is 0 Å². The summed E-state index contributed by atoms with van der Waals surface area (Å²) in [5.41, 5.74) is 10.8. The Labute approximate surface area is 201 Å². The van der Waals surface area contributed by atoms with Crippen molar-refractivity contribution in [2.24, 2.45) is 23.2 Å². The van der Waals surface area contributed by atoms with Crippen LogP contribution in [-0.4, -0.2) is 0 Å². The standard InChI is InChI=1S/C32H54/c1-22(2)14-11-15-23(3)16-12-17-24(4)18-13-19-32(10)20-25(5)31-29(9)27(7)26(6)28(8)30(31)21-32/h22-24H,5,11-21H2,1-4,6-10H3. The molecule has 0 aliphatic heterocycles. The normalized spacial score (nSPS) is 20.5. The van der Waals surface area contributed by atoms with E-state index in [0.29, 0.717) is 5.41 Å². The zero-order valence-electron chi connectivity index (χ0n) is 23.2. The highest BCUT2D eigenvalue weighted by Gasteiger charge is 2.34. The summed E-state index contributed by atoms with van der Waals surface area (Å²) < 4.78 is 0. The first kappa shape index (κ1) is 27.2. The van der Waals surface area contributed by atoms with Gasteiger partial charge in [0.1, 0.15) is 0 Å². The summed E-state index contributed by atoms with van der Waals surface area (Å²) in [6, 6.07) is 0. The molecule has 1 aromatic rings. The molecular weight excluding hydrogens is 384 g/mol. The summed E-state index contributed by atoms with van der Waals surface area (Å²) in [6.45, 7) is 26.0. The molecule has 0 N–H and O–H groups in total. The van der Waals surface area contributed by atoms with Gasteiger partial charge in [0.05, 0.1) is 0 Å². The van der Waals surface area contributed by atoms with Crippen molar-refractivity contribution in [1.82, 2.24) is 0 Å². The molecule has 3 atom stereocenters. The Hall–Kier alpha value is -1.04. The highest BCUT2D eigenvalue weighted by molar-refractivity contribution is 5.75. The summed E-state index contributed by atoms with van der Waals surface area (Å²) in [4.78, 5) is 0. The number of fused-ring (bicyclic) bond motifs is 1. The Morgan fingerprint density at radius 2 is 1.19 bits per heavy atom. The van der Waals surface area contributed by atoms with Crippen molar-refractivity contribution in [3.05, 3.63) is 40.0 Å². The summed E-state index contributed by atoms with van der Waals surface area (Å²) in [6.07, 6.45) is 15.0. The van der Waals surface area contributed by atoms with Gasteiger partial charge in [0.2, 0.25) is 0 Å². The maximum absolute atomic E-state index is 4.55. The predicted octanol–water partition coefficient (Wildman–Crippen LogP) is 10.3. The number of allylic oxidation sites excluding steroid dienone is 1. The molecule has 3 unspecified atom stereocenters. The quantitative estimate of drug-likeness (QED) is 0.304. The van der Waals surface area contributed by atoms with Gasteiger partial charge in [-0.25, -0.2) is 0 Å². The van der Waals surface area contributed by atoms with Gasteiger partial charge in [-0.1, -0.05) is 92.6 Å². The van der Waals surface area contributed by atoms with Crippen LogP contribution in [0.15, 0.2) is 6.58 Å². The minimum absolute atomic E-state index is 0.383. The Balaban J connectivity index is 1.80. The SMILES string of the molecule is C=C1CC(C)(CCCC(C)CCCC(C)CCCC(C)C)Cc2c(C)c(C)c(C)c(C)c21. The fourth-order valence-corrected chi connectivity index (χ4v) is 6.21. The fraction of sp³-hybridized carbons (Fsp3) is 0.750. The van der Waals surface area contributed by atoms with Gasteiger partial charge in [-0.2, -0.15) is 0 Å². The average Bonchev–Trinajstić information content (AvgIpc) is 2.69. The minimum atomic E-state index is 0.383. The molecule has 0 amide bonds. The molecule has 0 saturated heterocycles. The molecule has 1 aliphatic carbocycles. The monoisotopic (exact) mass is 438 g/mol. The Morgan fingerprint density at radius 3 is 1.75 bits per heavy atom.